The van der Waals surface area contributed by atoms with Crippen LogP contribution in [-0.2, 0) is 6.54 Å². The minimum Gasteiger partial charge on any atom is -0.318 e. The number of rotatable bonds is 3. The molecule has 1 N–H and O–H groups in total. The van der Waals surface area contributed by atoms with Gasteiger partial charge in [-0.3, -0.25) is 0 Å². The molecule has 1 aliphatic heterocycles. The molecule has 0 aliphatic carbocycles. The molecule has 166 valence electrons. The molecule has 1 aliphatic rings. The van der Waals surface area contributed by atoms with E-state index in [9.17, 15) is 4.79 Å². The molecule has 1 aromatic heterocycles. The van der Waals surface area contributed by atoms with Crippen molar-refractivity contribution in [2.75, 3.05) is 11.6 Å². The van der Waals surface area contributed by atoms with Crippen LogP contribution in [0.5, 0.6) is 0 Å². The monoisotopic (exact) mass is 473 g/mol. The summed E-state index contributed by atoms with van der Waals surface area (Å²) in [4.78, 5) is 16.9. The highest BCUT2D eigenvalue weighted by molar-refractivity contribution is 7.98. The Bertz CT molecular complexity index is 1320. The van der Waals surface area contributed by atoms with E-state index >= 15 is 0 Å². The number of amides is 2. The quantitative estimate of drug-likeness (QED) is 0.317. The van der Waals surface area contributed by atoms with Crippen molar-refractivity contribution in [2.45, 2.75) is 24.4 Å². The van der Waals surface area contributed by atoms with E-state index in [1.807, 2.05) is 48.2 Å². The molecule has 0 bridgehead atoms. The van der Waals surface area contributed by atoms with Crippen LogP contribution in [0.4, 0.5) is 10.5 Å². The molecule has 0 spiro atoms. The van der Waals surface area contributed by atoms with Crippen LogP contribution in [0.3, 0.4) is 0 Å². The maximum atomic E-state index is 13.8. The summed E-state index contributed by atoms with van der Waals surface area (Å²) in [5, 5.41) is 3.75. The molecule has 4 aromatic rings. The van der Waals surface area contributed by atoms with Gasteiger partial charge in [0.2, 0.25) is 0 Å². The van der Waals surface area contributed by atoms with Crippen LogP contribution in [0.25, 0.3) is 5.69 Å². The molecular weight excluding hydrogens is 450 g/mol. The summed E-state index contributed by atoms with van der Waals surface area (Å²) >= 11 is 8.02. The first-order valence-electron chi connectivity index (χ1n) is 10.8. The van der Waals surface area contributed by atoms with Gasteiger partial charge in [-0.05, 0) is 72.3 Å². The van der Waals surface area contributed by atoms with E-state index in [-0.39, 0.29) is 12.1 Å². The molecule has 0 radical (unpaired) electrons. The number of carbonyl (C=O) groups excluding carboxylic acids is 1. The third-order valence-electron chi connectivity index (χ3n) is 6.17. The minimum atomic E-state index is -0.247. The van der Waals surface area contributed by atoms with Crippen molar-refractivity contribution < 1.29 is 4.79 Å². The van der Waals surface area contributed by atoms with E-state index in [1.54, 1.807) is 11.8 Å². The zero-order chi connectivity index (χ0) is 22.9. The van der Waals surface area contributed by atoms with Crippen LogP contribution in [-0.4, -0.2) is 21.8 Å². The predicted molar refractivity (Wildman–Crippen MR) is 137 cm³/mol. The molecular formula is C27H24ClN3OS. The predicted octanol–water partition coefficient (Wildman–Crippen LogP) is 7.30. The molecule has 0 saturated heterocycles. The molecule has 1 atom stereocenters. The van der Waals surface area contributed by atoms with Crippen molar-refractivity contribution in [3.63, 3.8) is 0 Å². The first kappa shape index (κ1) is 21.7. The van der Waals surface area contributed by atoms with Crippen molar-refractivity contribution >= 4 is 35.1 Å². The van der Waals surface area contributed by atoms with Crippen molar-refractivity contribution in [1.29, 1.82) is 0 Å². The second-order valence-corrected chi connectivity index (χ2v) is 9.36. The summed E-state index contributed by atoms with van der Waals surface area (Å²) in [6.45, 7) is 2.40. The van der Waals surface area contributed by atoms with Crippen LogP contribution in [0.15, 0.2) is 90.0 Å². The molecule has 3 aromatic carbocycles. The summed E-state index contributed by atoms with van der Waals surface area (Å²) in [6, 6.07) is 26.0. The second-order valence-electron chi connectivity index (χ2n) is 8.08. The fourth-order valence-corrected chi connectivity index (χ4v) is 4.99. The summed E-state index contributed by atoms with van der Waals surface area (Å²) in [5.41, 5.74) is 5.88. The topological polar surface area (TPSA) is 37.3 Å². The number of nitrogens with zero attached hydrogens (tertiary/aromatic N) is 2. The van der Waals surface area contributed by atoms with Gasteiger partial charge >= 0.3 is 6.03 Å². The second kappa shape index (κ2) is 9.00. The number of nitrogens with one attached hydrogen (secondary N) is 1. The molecule has 2 amide bonds. The number of aromatic nitrogens is 1. The summed E-state index contributed by atoms with van der Waals surface area (Å²) < 4.78 is 2.19. The largest absolute Gasteiger partial charge is 0.322 e. The number of urea groups is 1. The van der Waals surface area contributed by atoms with Gasteiger partial charge in [0.05, 0.1) is 18.3 Å². The number of halogens is 1. The summed E-state index contributed by atoms with van der Waals surface area (Å²) in [6.07, 6.45) is 4.13. The first-order chi connectivity index (χ1) is 16.1. The van der Waals surface area contributed by atoms with Crippen LogP contribution in [0.1, 0.15) is 28.4 Å². The van der Waals surface area contributed by atoms with E-state index in [0.717, 1.165) is 33.8 Å². The maximum Gasteiger partial charge on any atom is 0.322 e. The SMILES string of the molecule is CSc1ccc(C2c3cccn3-c3ccccc3CN2C(=O)Nc2cccc(Cl)c2C)cc1. The Morgan fingerprint density at radius 3 is 2.58 bits per heavy atom. The van der Waals surface area contributed by atoms with Crippen LogP contribution >= 0.6 is 23.4 Å². The molecule has 6 heteroatoms. The van der Waals surface area contributed by atoms with Crippen LogP contribution in [0.2, 0.25) is 5.02 Å². The summed E-state index contributed by atoms with van der Waals surface area (Å²) in [5.74, 6) is 0. The van der Waals surface area contributed by atoms with Crippen LogP contribution < -0.4 is 5.32 Å². The third kappa shape index (κ3) is 4.03. The van der Waals surface area contributed by atoms with Gasteiger partial charge in [0.25, 0.3) is 0 Å². The number of fused-ring (bicyclic) bond motifs is 3. The fourth-order valence-electron chi connectivity index (χ4n) is 4.41. The van der Waals surface area contributed by atoms with Gasteiger partial charge in [-0.15, -0.1) is 11.8 Å². The van der Waals surface area contributed by atoms with E-state index < -0.39 is 0 Å². The lowest BCUT2D eigenvalue weighted by atomic mass is 10.0. The van der Waals surface area contributed by atoms with E-state index in [0.29, 0.717) is 11.6 Å². The average molecular weight is 474 g/mol. The highest BCUT2D eigenvalue weighted by Crippen LogP contribution is 2.37. The number of hydrogen-bond donors (Lipinski definition) is 1. The van der Waals surface area contributed by atoms with Gasteiger partial charge in [0, 0.05) is 27.5 Å². The lowest BCUT2D eigenvalue weighted by molar-refractivity contribution is 0.194. The number of thioether (sulfide) groups is 1. The minimum absolute atomic E-state index is 0.163. The van der Waals surface area contributed by atoms with Crippen molar-refractivity contribution in [3.8, 4) is 5.69 Å². The molecule has 33 heavy (non-hydrogen) atoms. The summed E-state index contributed by atoms with van der Waals surface area (Å²) in [7, 11) is 0. The first-order valence-corrected chi connectivity index (χ1v) is 12.4. The molecule has 0 saturated carbocycles. The Balaban J connectivity index is 1.63. The number of para-hydroxylation sites is 1. The zero-order valence-corrected chi connectivity index (χ0v) is 20.0. The average Bonchev–Trinajstić information content (AvgIpc) is 3.26. The van der Waals surface area contributed by atoms with E-state index in [4.69, 9.17) is 11.6 Å². The zero-order valence-electron chi connectivity index (χ0n) is 18.5. The Morgan fingerprint density at radius 2 is 1.79 bits per heavy atom. The van der Waals surface area contributed by atoms with Crippen molar-refractivity contribution in [1.82, 2.24) is 9.47 Å². The van der Waals surface area contributed by atoms with E-state index in [1.165, 1.54) is 4.90 Å². The Kier molecular flexibility index (Phi) is 5.92. The van der Waals surface area contributed by atoms with Gasteiger partial charge in [-0.2, -0.15) is 0 Å². The smallest absolute Gasteiger partial charge is 0.318 e. The Morgan fingerprint density at radius 1 is 1.00 bits per heavy atom. The molecule has 2 heterocycles. The molecule has 5 rings (SSSR count). The number of hydrogen-bond acceptors (Lipinski definition) is 2. The highest BCUT2D eigenvalue weighted by atomic mass is 35.5. The number of anilines is 1. The highest BCUT2D eigenvalue weighted by Gasteiger charge is 2.33. The molecule has 4 nitrogen and oxygen atoms in total. The van der Waals surface area contributed by atoms with E-state index in [2.05, 4.69) is 64.8 Å². The van der Waals surface area contributed by atoms with Crippen molar-refractivity contribution in [2.24, 2.45) is 0 Å². The van der Waals surface area contributed by atoms with Crippen LogP contribution in [0, 0.1) is 6.92 Å². The van der Waals surface area contributed by atoms with Gasteiger partial charge in [0.15, 0.2) is 0 Å². The lowest BCUT2D eigenvalue weighted by Crippen LogP contribution is -2.38. The third-order valence-corrected chi connectivity index (χ3v) is 7.32. The Labute approximate surface area is 203 Å². The van der Waals surface area contributed by atoms with Gasteiger partial charge in [-0.1, -0.05) is 48.0 Å². The maximum absolute atomic E-state index is 13.8. The van der Waals surface area contributed by atoms with Gasteiger partial charge in [0.1, 0.15) is 0 Å². The van der Waals surface area contributed by atoms with Crippen molar-refractivity contribution in [3.05, 3.63) is 112 Å². The number of carbonyl (C=O) groups is 1. The lowest BCUT2D eigenvalue weighted by Gasteiger charge is -2.31. The number of benzene rings is 3. The molecule has 1 unspecified atom stereocenters. The normalized spacial score (nSPS) is 14.9. The standard InChI is InChI=1S/C27H24ClN3OS/c1-18-22(28)8-5-9-23(18)29-27(32)31-17-20-7-3-4-10-24(20)30-16-6-11-25(30)26(31)19-12-14-21(33-2)15-13-19/h3-16,26H,17H2,1-2H3,(H,29,32). The fraction of sp³-hybridized carbons (Fsp3) is 0.148. The molecule has 0 fully saturated rings. The van der Waals surface area contributed by atoms with Gasteiger partial charge < -0.3 is 14.8 Å². The Hall–Kier alpha value is -3.15. The van der Waals surface area contributed by atoms with Gasteiger partial charge in [-0.25, -0.2) is 4.79 Å².